The molecule has 0 fully saturated rings. The average molecular weight is 213 g/mol. The van der Waals surface area contributed by atoms with E-state index in [1.165, 1.54) is 11.8 Å². The van der Waals surface area contributed by atoms with E-state index >= 15 is 0 Å². The third-order valence-electron chi connectivity index (χ3n) is 1.34. The van der Waals surface area contributed by atoms with Gasteiger partial charge in [-0.3, -0.25) is 4.79 Å². The van der Waals surface area contributed by atoms with Gasteiger partial charge in [0.25, 0.3) is 5.70 Å². The van der Waals surface area contributed by atoms with Crippen molar-refractivity contribution in [1.82, 2.24) is 0 Å². The number of nitrogens with zero attached hydrogens (tertiary/aromatic N) is 1. The predicted molar refractivity (Wildman–Crippen MR) is 58.7 cm³/mol. The van der Waals surface area contributed by atoms with Crippen LogP contribution in [-0.2, 0) is 9.53 Å². The number of carbonyl (C=O) groups excluding carboxylic acids is 1. The van der Waals surface area contributed by atoms with E-state index in [1.807, 2.05) is 6.26 Å². The lowest BCUT2D eigenvalue weighted by atomic mass is 10.2. The van der Waals surface area contributed by atoms with E-state index in [-0.39, 0.29) is 5.70 Å². The van der Waals surface area contributed by atoms with Crippen LogP contribution < -0.4 is 0 Å². The van der Waals surface area contributed by atoms with Gasteiger partial charge in [0, 0.05) is 0 Å². The van der Waals surface area contributed by atoms with Crippen molar-refractivity contribution in [3.63, 3.8) is 0 Å². The van der Waals surface area contributed by atoms with E-state index in [0.717, 1.165) is 0 Å². The fraction of sp³-hybridized carbons (Fsp3) is 0.600. The molecule has 0 aliphatic rings. The van der Waals surface area contributed by atoms with Gasteiger partial charge in [0.1, 0.15) is 5.60 Å². The minimum atomic E-state index is -0.550. The maximum absolute atomic E-state index is 11.5. The molecule has 0 heterocycles. The Kier molecular flexibility index (Phi) is 4.72. The van der Waals surface area contributed by atoms with E-state index in [0.29, 0.717) is 4.91 Å². The number of thioether (sulfide) groups is 1. The minimum absolute atomic E-state index is 0.0763. The molecule has 78 valence electrons. The second-order valence-corrected chi connectivity index (χ2v) is 4.74. The standard InChI is InChI=1S/C10H15NO2S/c1-7(14-6)8(11-5)9(12)13-10(2,3)4/h1-4,6H3/b8-7+. The number of allylic oxidation sites excluding steroid dienone is 1. The summed E-state index contributed by atoms with van der Waals surface area (Å²) >= 11 is 1.38. The van der Waals surface area contributed by atoms with Crippen LogP contribution in [0.5, 0.6) is 0 Å². The Balaban J connectivity index is 4.78. The van der Waals surface area contributed by atoms with Gasteiger partial charge in [-0.05, 0) is 38.9 Å². The Morgan fingerprint density at radius 1 is 1.43 bits per heavy atom. The molecule has 0 radical (unpaired) electrons. The van der Waals surface area contributed by atoms with Crippen molar-refractivity contribution in [3.05, 3.63) is 22.0 Å². The zero-order chi connectivity index (χ0) is 11.4. The molecule has 0 aromatic rings. The second-order valence-electron chi connectivity index (χ2n) is 3.72. The van der Waals surface area contributed by atoms with Crippen molar-refractivity contribution in [2.75, 3.05) is 6.26 Å². The van der Waals surface area contributed by atoms with E-state index in [1.54, 1.807) is 27.7 Å². The minimum Gasteiger partial charge on any atom is -0.465 e. The van der Waals surface area contributed by atoms with Crippen LogP contribution in [0, 0.1) is 6.57 Å². The summed E-state index contributed by atoms with van der Waals surface area (Å²) in [5, 5.41) is 0. The summed E-state index contributed by atoms with van der Waals surface area (Å²) in [4.78, 5) is 15.3. The molecule has 0 aliphatic heterocycles. The predicted octanol–water partition coefficient (Wildman–Crippen LogP) is 2.84. The maximum Gasteiger partial charge on any atom is 0.337 e. The fourth-order valence-corrected chi connectivity index (χ4v) is 1.01. The largest absolute Gasteiger partial charge is 0.465 e. The number of esters is 1. The van der Waals surface area contributed by atoms with Gasteiger partial charge in [-0.15, -0.1) is 11.8 Å². The molecule has 4 heteroatoms. The van der Waals surface area contributed by atoms with Gasteiger partial charge in [0.05, 0.1) is 6.57 Å². The molecule has 0 unspecified atom stereocenters. The Labute approximate surface area is 89.3 Å². The molecular weight excluding hydrogens is 198 g/mol. The van der Waals surface area contributed by atoms with E-state index < -0.39 is 11.6 Å². The van der Waals surface area contributed by atoms with Crippen molar-refractivity contribution >= 4 is 17.7 Å². The summed E-state index contributed by atoms with van der Waals surface area (Å²) in [6.45, 7) is 14.0. The third kappa shape index (κ3) is 4.33. The van der Waals surface area contributed by atoms with Crippen LogP contribution in [0.1, 0.15) is 27.7 Å². The first kappa shape index (κ1) is 13.1. The highest BCUT2D eigenvalue weighted by atomic mass is 32.2. The molecule has 14 heavy (non-hydrogen) atoms. The molecule has 0 amide bonds. The first-order chi connectivity index (χ1) is 6.31. The lowest BCUT2D eigenvalue weighted by Crippen LogP contribution is -2.24. The summed E-state index contributed by atoms with van der Waals surface area (Å²) in [5.41, 5.74) is -0.474. The van der Waals surface area contributed by atoms with Gasteiger partial charge in [0.15, 0.2) is 0 Å². The summed E-state index contributed by atoms with van der Waals surface area (Å²) in [5.74, 6) is -0.542. The lowest BCUT2D eigenvalue weighted by Gasteiger charge is -2.19. The lowest BCUT2D eigenvalue weighted by molar-refractivity contribution is -0.149. The smallest absolute Gasteiger partial charge is 0.337 e. The van der Waals surface area contributed by atoms with E-state index in [9.17, 15) is 4.79 Å². The Bertz CT molecular complexity index is 294. The van der Waals surface area contributed by atoms with Crippen LogP contribution >= 0.6 is 11.8 Å². The summed E-state index contributed by atoms with van der Waals surface area (Å²) < 4.78 is 5.09. The van der Waals surface area contributed by atoms with Crippen molar-refractivity contribution in [1.29, 1.82) is 0 Å². The molecule has 0 atom stereocenters. The van der Waals surface area contributed by atoms with E-state index in [2.05, 4.69) is 4.85 Å². The summed E-state index contributed by atoms with van der Waals surface area (Å²) in [7, 11) is 0. The summed E-state index contributed by atoms with van der Waals surface area (Å²) in [6, 6.07) is 0. The zero-order valence-electron chi connectivity index (χ0n) is 9.17. The molecule has 0 N–H and O–H groups in total. The number of ether oxygens (including phenoxy) is 1. The van der Waals surface area contributed by atoms with Gasteiger partial charge in [-0.1, -0.05) is 0 Å². The van der Waals surface area contributed by atoms with Gasteiger partial charge in [0.2, 0.25) is 0 Å². The van der Waals surface area contributed by atoms with Crippen molar-refractivity contribution in [3.8, 4) is 0 Å². The van der Waals surface area contributed by atoms with Crippen molar-refractivity contribution in [2.45, 2.75) is 33.3 Å². The van der Waals surface area contributed by atoms with E-state index in [4.69, 9.17) is 11.3 Å². The van der Waals surface area contributed by atoms with Crippen LogP contribution in [0.15, 0.2) is 10.6 Å². The summed E-state index contributed by atoms with van der Waals surface area (Å²) in [6.07, 6.45) is 1.82. The first-order valence-electron chi connectivity index (χ1n) is 4.17. The molecule has 0 aromatic heterocycles. The van der Waals surface area contributed by atoms with Crippen LogP contribution in [-0.4, -0.2) is 17.8 Å². The average Bonchev–Trinajstić information content (AvgIpc) is 2.01. The number of hydrogen-bond donors (Lipinski definition) is 0. The highest BCUT2D eigenvalue weighted by molar-refractivity contribution is 8.02. The van der Waals surface area contributed by atoms with Gasteiger partial charge in [-0.25, -0.2) is 4.85 Å². The monoisotopic (exact) mass is 213 g/mol. The van der Waals surface area contributed by atoms with Crippen LogP contribution in [0.3, 0.4) is 0 Å². The molecule has 0 bridgehead atoms. The third-order valence-corrected chi connectivity index (χ3v) is 2.15. The Morgan fingerprint density at radius 3 is 2.21 bits per heavy atom. The number of hydrogen-bond acceptors (Lipinski definition) is 3. The molecular formula is C10H15NO2S. The van der Waals surface area contributed by atoms with Gasteiger partial charge < -0.3 is 4.74 Å². The molecule has 0 aromatic carbocycles. The van der Waals surface area contributed by atoms with Crippen LogP contribution in [0.25, 0.3) is 4.85 Å². The molecule has 0 saturated heterocycles. The van der Waals surface area contributed by atoms with Crippen LogP contribution in [0.2, 0.25) is 0 Å². The van der Waals surface area contributed by atoms with Crippen LogP contribution in [0.4, 0.5) is 0 Å². The maximum atomic E-state index is 11.5. The van der Waals surface area contributed by atoms with Crippen molar-refractivity contribution in [2.24, 2.45) is 0 Å². The molecule has 0 saturated carbocycles. The molecule has 0 aliphatic carbocycles. The number of carbonyl (C=O) groups is 1. The first-order valence-corrected chi connectivity index (χ1v) is 5.40. The fourth-order valence-electron chi connectivity index (χ4n) is 0.691. The normalized spacial score (nSPS) is 12.9. The number of rotatable bonds is 2. The quantitative estimate of drug-likeness (QED) is 0.401. The molecule has 3 nitrogen and oxygen atoms in total. The van der Waals surface area contributed by atoms with Crippen molar-refractivity contribution < 1.29 is 9.53 Å². The topological polar surface area (TPSA) is 30.7 Å². The highest BCUT2D eigenvalue weighted by Crippen LogP contribution is 2.20. The highest BCUT2D eigenvalue weighted by Gasteiger charge is 2.21. The SMILES string of the molecule is [C-]#[N+]/C(C(=O)OC(C)(C)C)=C(\C)SC. The van der Waals surface area contributed by atoms with Gasteiger partial charge >= 0.3 is 5.97 Å². The van der Waals surface area contributed by atoms with Gasteiger partial charge in [-0.2, -0.15) is 0 Å². The second kappa shape index (κ2) is 5.06. The zero-order valence-corrected chi connectivity index (χ0v) is 9.99. The Hall–Kier alpha value is -0.950. The molecule has 0 rings (SSSR count). The Morgan fingerprint density at radius 2 is 1.93 bits per heavy atom. The molecule has 0 spiro atoms.